The highest BCUT2D eigenvalue weighted by Crippen LogP contribution is 2.15. The topological polar surface area (TPSA) is 52.6 Å². The van der Waals surface area contributed by atoms with E-state index in [-0.39, 0.29) is 18.6 Å². The van der Waals surface area contributed by atoms with Crippen molar-refractivity contribution in [1.82, 2.24) is 10.2 Å². The fraction of sp³-hybridized carbons (Fsp3) is 0.562. The van der Waals surface area contributed by atoms with Gasteiger partial charge in [0.1, 0.15) is 0 Å². The molecule has 1 aliphatic heterocycles. The normalized spacial score (nSPS) is 19.4. The van der Waals surface area contributed by atoms with Gasteiger partial charge in [0.25, 0.3) is 0 Å². The van der Waals surface area contributed by atoms with Crippen LogP contribution in [0.25, 0.3) is 0 Å². The van der Waals surface area contributed by atoms with Crippen molar-refractivity contribution in [3.05, 3.63) is 34.9 Å². The van der Waals surface area contributed by atoms with Crippen LogP contribution in [0.2, 0.25) is 5.02 Å². The standard InChI is InChI=1S/C16H23ClN2O2/c17-14-5-3-4-13(10-14)7-8-18-16(21)11-19-9-2-1-6-15(19)12-20/h3-5,10,15,20H,1-2,6-9,11-12H2,(H,18,21). The number of hydrogen-bond donors (Lipinski definition) is 2. The minimum absolute atomic E-state index is 0.0254. The summed E-state index contributed by atoms with van der Waals surface area (Å²) >= 11 is 5.93. The molecule has 116 valence electrons. The van der Waals surface area contributed by atoms with Gasteiger partial charge in [0.2, 0.25) is 5.91 Å². The number of hydrogen-bond acceptors (Lipinski definition) is 3. The Morgan fingerprint density at radius 3 is 3.05 bits per heavy atom. The molecule has 1 aromatic carbocycles. The highest BCUT2D eigenvalue weighted by molar-refractivity contribution is 6.30. The Morgan fingerprint density at radius 2 is 2.29 bits per heavy atom. The van der Waals surface area contributed by atoms with E-state index < -0.39 is 0 Å². The molecule has 0 aromatic heterocycles. The maximum absolute atomic E-state index is 12.0. The molecule has 1 heterocycles. The molecule has 1 fully saturated rings. The van der Waals surface area contributed by atoms with Crippen molar-refractivity contribution in [3.63, 3.8) is 0 Å². The van der Waals surface area contributed by atoms with Crippen molar-refractivity contribution in [3.8, 4) is 0 Å². The lowest BCUT2D eigenvalue weighted by Gasteiger charge is -2.33. The summed E-state index contributed by atoms with van der Waals surface area (Å²) < 4.78 is 0. The molecule has 0 bridgehead atoms. The van der Waals surface area contributed by atoms with Gasteiger partial charge in [-0.05, 0) is 43.5 Å². The smallest absolute Gasteiger partial charge is 0.234 e. The van der Waals surface area contributed by atoms with E-state index in [1.165, 1.54) is 0 Å². The monoisotopic (exact) mass is 310 g/mol. The molecule has 21 heavy (non-hydrogen) atoms. The summed E-state index contributed by atoms with van der Waals surface area (Å²) in [6, 6.07) is 7.82. The third kappa shape index (κ3) is 5.30. The van der Waals surface area contributed by atoms with Crippen LogP contribution in [0.3, 0.4) is 0 Å². The van der Waals surface area contributed by atoms with Crippen LogP contribution in [0.15, 0.2) is 24.3 Å². The Kier molecular flexibility index (Phi) is 6.49. The predicted molar refractivity (Wildman–Crippen MR) is 84.5 cm³/mol. The van der Waals surface area contributed by atoms with Crippen LogP contribution in [-0.2, 0) is 11.2 Å². The van der Waals surface area contributed by atoms with Gasteiger partial charge in [0, 0.05) is 17.6 Å². The number of likely N-dealkylation sites (tertiary alicyclic amines) is 1. The number of halogens is 1. The molecule has 5 heteroatoms. The first-order valence-electron chi connectivity index (χ1n) is 7.55. The zero-order chi connectivity index (χ0) is 15.1. The quantitative estimate of drug-likeness (QED) is 0.843. The molecule has 1 saturated heterocycles. The van der Waals surface area contributed by atoms with E-state index in [1.54, 1.807) is 0 Å². The number of aliphatic hydroxyl groups is 1. The van der Waals surface area contributed by atoms with Gasteiger partial charge in [0.15, 0.2) is 0 Å². The maximum Gasteiger partial charge on any atom is 0.234 e. The Labute approximate surface area is 131 Å². The Bertz CT molecular complexity index is 467. The number of amides is 1. The van der Waals surface area contributed by atoms with E-state index >= 15 is 0 Å². The lowest BCUT2D eigenvalue weighted by atomic mass is 10.0. The predicted octanol–water partition coefficient (Wildman–Crippen LogP) is 1.85. The van der Waals surface area contributed by atoms with E-state index in [9.17, 15) is 9.90 Å². The molecule has 1 aliphatic rings. The zero-order valence-electron chi connectivity index (χ0n) is 12.2. The summed E-state index contributed by atoms with van der Waals surface area (Å²) in [5.41, 5.74) is 1.12. The number of benzene rings is 1. The van der Waals surface area contributed by atoms with Crippen molar-refractivity contribution in [2.24, 2.45) is 0 Å². The number of aliphatic hydroxyl groups excluding tert-OH is 1. The highest BCUT2D eigenvalue weighted by atomic mass is 35.5. The summed E-state index contributed by atoms with van der Waals surface area (Å²) in [6.45, 7) is 2.01. The van der Waals surface area contributed by atoms with Gasteiger partial charge in [-0.1, -0.05) is 30.2 Å². The highest BCUT2D eigenvalue weighted by Gasteiger charge is 2.23. The summed E-state index contributed by atoms with van der Waals surface area (Å²) in [6.07, 6.45) is 3.99. The Morgan fingerprint density at radius 1 is 1.43 bits per heavy atom. The minimum atomic E-state index is 0.0254. The van der Waals surface area contributed by atoms with Gasteiger partial charge < -0.3 is 10.4 Å². The Hall–Kier alpha value is -1.10. The average molecular weight is 311 g/mol. The van der Waals surface area contributed by atoms with Crippen molar-refractivity contribution < 1.29 is 9.90 Å². The van der Waals surface area contributed by atoms with E-state index in [4.69, 9.17) is 11.6 Å². The lowest BCUT2D eigenvalue weighted by Crippen LogP contribution is -2.47. The molecule has 0 aliphatic carbocycles. The molecule has 0 radical (unpaired) electrons. The first-order chi connectivity index (χ1) is 10.2. The van der Waals surface area contributed by atoms with Gasteiger partial charge in [-0.25, -0.2) is 0 Å². The van der Waals surface area contributed by atoms with Crippen molar-refractivity contribution in [2.75, 3.05) is 26.2 Å². The van der Waals surface area contributed by atoms with Gasteiger partial charge in [-0.2, -0.15) is 0 Å². The summed E-state index contributed by atoms with van der Waals surface area (Å²) in [7, 11) is 0. The molecule has 1 amide bonds. The summed E-state index contributed by atoms with van der Waals surface area (Å²) in [5, 5.41) is 13.0. The van der Waals surface area contributed by atoms with Crippen LogP contribution in [0.5, 0.6) is 0 Å². The maximum atomic E-state index is 12.0. The van der Waals surface area contributed by atoms with Crippen LogP contribution in [-0.4, -0.2) is 48.2 Å². The summed E-state index contributed by atoms with van der Waals surface area (Å²) in [5.74, 6) is 0.0254. The van der Waals surface area contributed by atoms with E-state index in [2.05, 4.69) is 10.2 Å². The second-order valence-corrected chi connectivity index (χ2v) is 5.97. The molecule has 0 saturated carbocycles. The number of carbonyl (C=O) groups is 1. The van der Waals surface area contributed by atoms with Gasteiger partial charge >= 0.3 is 0 Å². The largest absolute Gasteiger partial charge is 0.395 e. The first kappa shape index (κ1) is 16.3. The third-order valence-electron chi connectivity index (χ3n) is 3.93. The number of piperidine rings is 1. The molecular formula is C16H23ClN2O2. The summed E-state index contributed by atoms with van der Waals surface area (Å²) in [4.78, 5) is 14.1. The molecule has 4 nitrogen and oxygen atoms in total. The zero-order valence-corrected chi connectivity index (χ0v) is 13.0. The van der Waals surface area contributed by atoms with Gasteiger partial charge in [-0.3, -0.25) is 9.69 Å². The molecule has 1 unspecified atom stereocenters. The van der Waals surface area contributed by atoms with Crippen LogP contribution in [0.1, 0.15) is 24.8 Å². The fourth-order valence-corrected chi connectivity index (χ4v) is 2.97. The average Bonchev–Trinajstić information content (AvgIpc) is 2.48. The molecule has 0 spiro atoms. The van der Waals surface area contributed by atoms with Crippen LogP contribution < -0.4 is 5.32 Å². The van der Waals surface area contributed by atoms with Crippen molar-refractivity contribution >= 4 is 17.5 Å². The first-order valence-corrected chi connectivity index (χ1v) is 7.93. The number of nitrogens with one attached hydrogen (secondary N) is 1. The fourth-order valence-electron chi connectivity index (χ4n) is 2.75. The lowest BCUT2D eigenvalue weighted by molar-refractivity contribution is -0.123. The van der Waals surface area contributed by atoms with Gasteiger partial charge in [0.05, 0.1) is 13.2 Å². The van der Waals surface area contributed by atoms with Crippen molar-refractivity contribution in [2.45, 2.75) is 31.7 Å². The second kappa shape index (κ2) is 8.37. The third-order valence-corrected chi connectivity index (χ3v) is 4.17. The Balaban J connectivity index is 1.72. The van der Waals surface area contributed by atoms with Gasteiger partial charge in [-0.15, -0.1) is 0 Å². The molecule has 1 aromatic rings. The van der Waals surface area contributed by atoms with E-state index in [1.807, 2.05) is 24.3 Å². The van der Waals surface area contributed by atoms with E-state index in [0.717, 1.165) is 42.8 Å². The molecule has 1 atom stereocenters. The minimum Gasteiger partial charge on any atom is -0.395 e. The molecule has 2 N–H and O–H groups in total. The molecule has 2 rings (SSSR count). The molecular weight excluding hydrogens is 288 g/mol. The SMILES string of the molecule is O=C(CN1CCCCC1CO)NCCc1cccc(Cl)c1. The van der Waals surface area contributed by atoms with Crippen LogP contribution in [0.4, 0.5) is 0 Å². The number of carbonyl (C=O) groups excluding carboxylic acids is 1. The second-order valence-electron chi connectivity index (χ2n) is 5.53. The van der Waals surface area contributed by atoms with Crippen LogP contribution in [0, 0.1) is 0 Å². The van der Waals surface area contributed by atoms with Crippen LogP contribution >= 0.6 is 11.6 Å². The number of rotatable bonds is 6. The van der Waals surface area contributed by atoms with E-state index in [0.29, 0.717) is 13.1 Å². The number of nitrogens with zero attached hydrogens (tertiary/aromatic N) is 1. The van der Waals surface area contributed by atoms with Crippen molar-refractivity contribution in [1.29, 1.82) is 0 Å².